The molecule has 108 valence electrons. The van der Waals surface area contributed by atoms with E-state index in [0.717, 1.165) is 31.3 Å². The zero-order valence-electron chi connectivity index (χ0n) is 11.7. The fourth-order valence-electron chi connectivity index (χ4n) is 2.72. The number of rotatable bonds is 6. The van der Waals surface area contributed by atoms with Crippen molar-refractivity contribution < 1.29 is 4.79 Å². The normalized spacial score (nSPS) is 24.4. The van der Waals surface area contributed by atoms with E-state index in [2.05, 4.69) is 24.1 Å². The van der Waals surface area contributed by atoms with Gasteiger partial charge in [0, 0.05) is 32.6 Å². The first-order valence-electron chi connectivity index (χ1n) is 6.81. The first kappa shape index (κ1) is 17.7. The third-order valence-corrected chi connectivity index (χ3v) is 3.29. The van der Waals surface area contributed by atoms with Crippen molar-refractivity contribution >= 4 is 18.3 Å². The number of carbonyl (C=O) groups excluding carboxylic acids is 1. The van der Waals surface area contributed by atoms with E-state index in [1.165, 1.54) is 19.5 Å². The maximum Gasteiger partial charge on any atom is 0.221 e. The molecule has 1 rings (SSSR count). The highest BCUT2D eigenvalue weighted by molar-refractivity contribution is 5.85. The van der Waals surface area contributed by atoms with Crippen molar-refractivity contribution in [2.45, 2.75) is 33.1 Å². The molecule has 1 heterocycles. The average Bonchev–Trinajstić information content (AvgIpc) is 2.23. The molecule has 0 aliphatic carbocycles. The van der Waals surface area contributed by atoms with Gasteiger partial charge in [-0.1, -0.05) is 13.8 Å². The van der Waals surface area contributed by atoms with Crippen molar-refractivity contribution in [2.75, 3.05) is 32.7 Å². The summed E-state index contributed by atoms with van der Waals surface area (Å²) in [5.74, 6) is 1.70. The summed E-state index contributed by atoms with van der Waals surface area (Å²) < 4.78 is 0. The summed E-state index contributed by atoms with van der Waals surface area (Å²) in [6, 6.07) is 0. The number of hydrogen-bond donors (Lipinski definition) is 2. The number of nitrogens with one attached hydrogen (secondary N) is 1. The minimum atomic E-state index is 0. The second-order valence-electron chi connectivity index (χ2n) is 5.45. The van der Waals surface area contributed by atoms with Crippen LogP contribution in [0.15, 0.2) is 0 Å². The van der Waals surface area contributed by atoms with Crippen LogP contribution < -0.4 is 11.1 Å². The average molecular weight is 278 g/mol. The van der Waals surface area contributed by atoms with E-state index >= 15 is 0 Å². The summed E-state index contributed by atoms with van der Waals surface area (Å²) >= 11 is 0. The molecule has 0 spiro atoms. The van der Waals surface area contributed by atoms with Gasteiger partial charge in [-0.25, -0.2) is 0 Å². The Hall–Kier alpha value is -0.320. The van der Waals surface area contributed by atoms with Crippen LogP contribution >= 0.6 is 12.4 Å². The van der Waals surface area contributed by atoms with Gasteiger partial charge in [0.1, 0.15) is 0 Å². The van der Waals surface area contributed by atoms with Crippen LogP contribution in [0.3, 0.4) is 0 Å². The van der Waals surface area contributed by atoms with Crippen molar-refractivity contribution in [1.29, 1.82) is 0 Å². The zero-order valence-corrected chi connectivity index (χ0v) is 12.5. The van der Waals surface area contributed by atoms with E-state index < -0.39 is 0 Å². The van der Waals surface area contributed by atoms with Gasteiger partial charge in [-0.15, -0.1) is 12.4 Å². The highest BCUT2D eigenvalue weighted by Gasteiger charge is 2.20. The van der Waals surface area contributed by atoms with Crippen LogP contribution in [-0.4, -0.2) is 43.5 Å². The Bertz CT molecular complexity index is 228. The Morgan fingerprint density at radius 1 is 1.33 bits per heavy atom. The number of nitrogens with two attached hydrogens (primary N) is 1. The zero-order chi connectivity index (χ0) is 12.7. The molecule has 0 aromatic heterocycles. The molecule has 1 aliphatic heterocycles. The standard InChI is InChI=1S/C13H27N3O.ClH/c1-11-8-12(2)10-16(9-11)7-3-6-15-13(17)4-5-14;/h11-12H,3-10,14H2,1-2H3,(H,15,17);1H. The number of likely N-dealkylation sites (tertiary alicyclic amines) is 1. The Morgan fingerprint density at radius 2 is 1.94 bits per heavy atom. The van der Waals surface area contributed by atoms with Crippen molar-refractivity contribution in [1.82, 2.24) is 10.2 Å². The number of amides is 1. The first-order chi connectivity index (χ1) is 8.11. The number of hydrogen-bond acceptors (Lipinski definition) is 3. The van der Waals surface area contributed by atoms with Gasteiger partial charge in [0.05, 0.1) is 0 Å². The molecular weight excluding hydrogens is 250 g/mol. The molecule has 2 atom stereocenters. The lowest BCUT2D eigenvalue weighted by atomic mass is 9.92. The van der Waals surface area contributed by atoms with Crippen LogP contribution in [0, 0.1) is 11.8 Å². The third-order valence-electron chi connectivity index (χ3n) is 3.29. The van der Waals surface area contributed by atoms with E-state index in [1.54, 1.807) is 0 Å². The molecule has 5 heteroatoms. The summed E-state index contributed by atoms with van der Waals surface area (Å²) in [4.78, 5) is 13.7. The lowest BCUT2D eigenvalue weighted by Crippen LogP contribution is -2.40. The van der Waals surface area contributed by atoms with Gasteiger partial charge in [0.25, 0.3) is 0 Å². The quantitative estimate of drug-likeness (QED) is 0.718. The van der Waals surface area contributed by atoms with Crippen molar-refractivity contribution in [3.8, 4) is 0 Å². The van der Waals surface area contributed by atoms with E-state index in [9.17, 15) is 4.79 Å². The van der Waals surface area contributed by atoms with Crippen molar-refractivity contribution in [3.05, 3.63) is 0 Å². The molecule has 1 amide bonds. The summed E-state index contributed by atoms with van der Waals surface area (Å²) in [5.41, 5.74) is 5.31. The Balaban J connectivity index is 0.00000289. The second kappa shape index (κ2) is 9.59. The molecule has 3 N–H and O–H groups in total. The first-order valence-corrected chi connectivity index (χ1v) is 6.81. The smallest absolute Gasteiger partial charge is 0.221 e. The Morgan fingerprint density at radius 3 is 2.50 bits per heavy atom. The third kappa shape index (κ3) is 7.19. The lowest BCUT2D eigenvalue weighted by Gasteiger charge is -2.34. The molecular formula is C13H28ClN3O. The Labute approximate surface area is 117 Å². The predicted octanol–water partition coefficient (Wildman–Crippen LogP) is 1.24. The fraction of sp³-hybridized carbons (Fsp3) is 0.923. The topological polar surface area (TPSA) is 58.4 Å². The Kier molecular flexibility index (Phi) is 9.42. The second-order valence-corrected chi connectivity index (χ2v) is 5.45. The molecule has 18 heavy (non-hydrogen) atoms. The minimum absolute atomic E-state index is 0. The minimum Gasteiger partial charge on any atom is -0.356 e. The highest BCUT2D eigenvalue weighted by Crippen LogP contribution is 2.20. The maximum atomic E-state index is 11.2. The highest BCUT2D eigenvalue weighted by atomic mass is 35.5. The molecule has 1 saturated heterocycles. The van der Waals surface area contributed by atoms with E-state index in [1.807, 2.05) is 0 Å². The molecule has 1 fully saturated rings. The number of halogens is 1. The molecule has 4 nitrogen and oxygen atoms in total. The van der Waals surface area contributed by atoms with Gasteiger partial charge in [0.2, 0.25) is 5.91 Å². The molecule has 1 aliphatic rings. The SMILES string of the molecule is CC1CC(C)CN(CCCNC(=O)CCN)C1.Cl. The molecule has 0 bridgehead atoms. The van der Waals surface area contributed by atoms with Crippen LogP contribution in [0.2, 0.25) is 0 Å². The van der Waals surface area contributed by atoms with E-state index in [4.69, 9.17) is 5.73 Å². The van der Waals surface area contributed by atoms with Crippen LogP contribution in [-0.2, 0) is 4.79 Å². The van der Waals surface area contributed by atoms with Crippen LogP contribution in [0.25, 0.3) is 0 Å². The molecule has 0 saturated carbocycles. The van der Waals surface area contributed by atoms with Gasteiger partial charge in [-0.2, -0.15) is 0 Å². The monoisotopic (exact) mass is 277 g/mol. The molecule has 2 unspecified atom stereocenters. The van der Waals surface area contributed by atoms with Crippen molar-refractivity contribution in [2.24, 2.45) is 17.6 Å². The van der Waals surface area contributed by atoms with Gasteiger partial charge in [-0.05, 0) is 31.2 Å². The summed E-state index contributed by atoms with van der Waals surface area (Å²) in [6.45, 7) is 9.38. The number of nitrogens with zero attached hydrogens (tertiary/aromatic N) is 1. The molecule has 0 aromatic carbocycles. The maximum absolute atomic E-state index is 11.2. The number of piperidine rings is 1. The summed E-state index contributed by atoms with van der Waals surface area (Å²) in [6.07, 6.45) is 2.83. The van der Waals surface area contributed by atoms with Gasteiger partial charge >= 0.3 is 0 Å². The largest absolute Gasteiger partial charge is 0.356 e. The molecule has 0 radical (unpaired) electrons. The van der Waals surface area contributed by atoms with E-state index in [0.29, 0.717) is 13.0 Å². The number of carbonyl (C=O) groups is 1. The van der Waals surface area contributed by atoms with Crippen LogP contribution in [0.4, 0.5) is 0 Å². The van der Waals surface area contributed by atoms with Gasteiger partial charge < -0.3 is 16.0 Å². The predicted molar refractivity (Wildman–Crippen MR) is 77.9 cm³/mol. The van der Waals surface area contributed by atoms with Crippen LogP contribution in [0.5, 0.6) is 0 Å². The summed E-state index contributed by atoms with van der Waals surface area (Å²) in [5, 5.41) is 2.90. The lowest BCUT2D eigenvalue weighted by molar-refractivity contribution is -0.120. The van der Waals surface area contributed by atoms with E-state index in [-0.39, 0.29) is 18.3 Å². The molecule has 0 aromatic rings. The summed E-state index contributed by atoms with van der Waals surface area (Å²) in [7, 11) is 0. The fourth-order valence-corrected chi connectivity index (χ4v) is 2.72. The van der Waals surface area contributed by atoms with Gasteiger partial charge in [0.15, 0.2) is 0 Å². The van der Waals surface area contributed by atoms with Crippen molar-refractivity contribution in [3.63, 3.8) is 0 Å². The van der Waals surface area contributed by atoms with Gasteiger partial charge in [-0.3, -0.25) is 4.79 Å². The van der Waals surface area contributed by atoms with Crippen LogP contribution in [0.1, 0.15) is 33.1 Å².